The summed E-state index contributed by atoms with van der Waals surface area (Å²) in [5.41, 5.74) is 6.17. The average Bonchev–Trinajstić information content (AvgIpc) is 2.56. The van der Waals surface area contributed by atoms with Crippen molar-refractivity contribution in [3.63, 3.8) is 0 Å². The molecule has 0 unspecified atom stereocenters. The smallest absolute Gasteiger partial charge is 0.192 e. The van der Waals surface area contributed by atoms with E-state index in [4.69, 9.17) is 10.3 Å². The molecule has 0 radical (unpaired) electrons. The lowest BCUT2D eigenvalue weighted by Crippen LogP contribution is -1.88. The van der Waals surface area contributed by atoms with Gasteiger partial charge in [-0.05, 0) is 18.2 Å². The number of hydrogen-bond acceptors (Lipinski definition) is 3. The number of aromatic nitrogens is 1. The molecule has 1 heterocycles. The number of nitrogen functional groups attached to an aromatic ring is 1. The van der Waals surface area contributed by atoms with Crippen molar-refractivity contribution in [3.05, 3.63) is 34.7 Å². The van der Waals surface area contributed by atoms with Gasteiger partial charge in [-0.15, -0.1) is 0 Å². The maximum Gasteiger partial charge on any atom is 0.192 e. The summed E-state index contributed by atoms with van der Waals surface area (Å²) in [6, 6.07) is 4.53. The van der Waals surface area contributed by atoms with Crippen molar-refractivity contribution in [3.8, 4) is 11.3 Å². The molecule has 0 atom stereocenters. The predicted octanol–water partition coefficient (Wildman–Crippen LogP) is 2.83. The van der Waals surface area contributed by atoms with Crippen LogP contribution in [0.3, 0.4) is 0 Å². The lowest BCUT2D eigenvalue weighted by molar-refractivity contribution is 0.430. The number of nitrogens with zero attached hydrogens (tertiary/aromatic N) is 1. The number of benzene rings is 1. The Bertz CT molecular complexity index is 470. The first kappa shape index (κ1) is 9.21. The summed E-state index contributed by atoms with van der Waals surface area (Å²) in [6.07, 6.45) is 1.34. The Kier molecular flexibility index (Phi) is 2.25. The molecule has 0 amide bonds. The first-order valence-corrected chi connectivity index (χ1v) is 4.63. The monoisotopic (exact) mass is 256 g/mol. The minimum absolute atomic E-state index is 0.254. The Morgan fingerprint density at radius 2 is 2.21 bits per heavy atom. The quantitative estimate of drug-likeness (QED) is 0.854. The summed E-state index contributed by atoms with van der Waals surface area (Å²) in [4.78, 5) is 0. The van der Waals surface area contributed by atoms with Crippen molar-refractivity contribution >= 4 is 21.6 Å². The van der Waals surface area contributed by atoms with Crippen molar-refractivity contribution < 1.29 is 8.91 Å². The highest BCUT2D eigenvalue weighted by atomic mass is 79.9. The highest BCUT2D eigenvalue weighted by molar-refractivity contribution is 9.10. The molecule has 0 aliphatic rings. The summed E-state index contributed by atoms with van der Waals surface area (Å²) in [5, 5.41) is 3.49. The molecule has 2 rings (SSSR count). The van der Waals surface area contributed by atoms with Gasteiger partial charge in [-0.1, -0.05) is 21.1 Å². The molecule has 0 aliphatic carbocycles. The first-order valence-electron chi connectivity index (χ1n) is 3.84. The van der Waals surface area contributed by atoms with Gasteiger partial charge in [-0.2, -0.15) is 0 Å². The van der Waals surface area contributed by atoms with Gasteiger partial charge in [0.1, 0.15) is 11.5 Å². The van der Waals surface area contributed by atoms with Crippen molar-refractivity contribution in [2.75, 3.05) is 5.73 Å². The van der Waals surface area contributed by atoms with Crippen molar-refractivity contribution in [1.82, 2.24) is 5.16 Å². The summed E-state index contributed by atoms with van der Waals surface area (Å²) >= 11 is 3.24. The Labute approximate surface area is 87.8 Å². The van der Waals surface area contributed by atoms with Gasteiger partial charge in [0.2, 0.25) is 0 Å². The van der Waals surface area contributed by atoms with Crippen LogP contribution < -0.4 is 5.73 Å². The van der Waals surface area contributed by atoms with Crippen LogP contribution in [0.5, 0.6) is 0 Å². The molecule has 1 aromatic carbocycles. The minimum Gasteiger partial charge on any atom is -0.394 e. The van der Waals surface area contributed by atoms with Crippen LogP contribution >= 0.6 is 15.9 Å². The molecule has 0 aliphatic heterocycles. The second-order valence-electron chi connectivity index (χ2n) is 2.73. The van der Waals surface area contributed by atoms with E-state index in [2.05, 4.69) is 21.1 Å². The van der Waals surface area contributed by atoms with Gasteiger partial charge in [0, 0.05) is 4.47 Å². The van der Waals surface area contributed by atoms with Crippen LogP contribution in [0.15, 0.2) is 33.4 Å². The molecule has 5 heteroatoms. The van der Waals surface area contributed by atoms with Crippen LogP contribution in [-0.4, -0.2) is 5.16 Å². The van der Waals surface area contributed by atoms with Crippen LogP contribution in [0.1, 0.15) is 0 Å². The van der Waals surface area contributed by atoms with Gasteiger partial charge >= 0.3 is 0 Å². The number of nitrogens with two attached hydrogens (primary N) is 1. The van der Waals surface area contributed by atoms with E-state index in [9.17, 15) is 4.39 Å². The molecule has 0 spiro atoms. The van der Waals surface area contributed by atoms with Crippen LogP contribution in [-0.2, 0) is 0 Å². The molecule has 0 bridgehead atoms. The fourth-order valence-corrected chi connectivity index (χ4v) is 1.48. The van der Waals surface area contributed by atoms with Crippen molar-refractivity contribution in [2.24, 2.45) is 0 Å². The molecule has 72 valence electrons. The van der Waals surface area contributed by atoms with Gasteiger partial charge in [-0.25, -0.2) is 4.39 Å². The van der Waals surface area contributed by atoms with E-state index < -0.39 is 5.82 Å². The highest BCUT2D eigenvalue weighted by Gasteiger charge is 2.12. The van der Waals surface area contributed by atoms with E-state index in [0.717, 1.165) is 4.47 Å². The number of hydrogen-bond donors (Lipinski definition) is 1. The Hall–Kier alpha value is -1.36. The zero-order valence-electron chi connectivity index (χ0n) is 7.00. The van der Waals surface area contributed by atoms with E-state index in [-0.39, 0.29) is 5.76 Å². The Morgan fingerprint density at radius 1 is 1.43 bits per heavy atom. The Morgan fingerprint density at radius 3 is 2.86 bits per heavy atom. The maximum atomic E-state index is 13.3. The van der Waals surface area contributed by atoms with E-state index in [0.29, 0.717) is 11.3 Å². The van der Waals surface area contributed by atoms with Gasteiger partial charge in [-0.3, -0.25) is 0 Å². The molecule has 0 saturated carbocycles. The SMILES string of the molecule is Nc1cnoc1-c1cc(Br)ccc1F. The molecular formula is C9H6BrFN2O. The maximum absolute atomic E-state index is 13.3. The third-order valence-corrected chi connectivity index (χ3v) is 2.26. The van der Waals surface area contributed by atoms with E-state index in [1.165, 1.54) is 12.3 Å². The molecular weight excluding hydrogens is 251 g/mol. The zero-order chi connectivity index (χ0) is 10.1. The molecule has 2 aromatic rings. The average molecular weight is 257 g/mol. The fourth-order valence-electron chi connectivity index (χ4n) is 1.12. The van der Waals surface area contributed by atoms with Crippen molar-refractivity contribution in [2.45, 2.75) is 0 Å². The Balaban J connectivity index is 2.62. The molecule has 0 saturated heterocycles. The second-order valence-corrected chi connectivity index (χ2v) is 3.65. The van der Waals surface area contributed by atoms with E-state index in [1.807, 2.05) is 0 Å². The van der Waals surface area contributed by atoms with Gasteiger partial charge in [0.25, 0.3) is 0 Å². The first-order chi connectivity index (χ1) is 6.68. The van der Waals surface area contributed by atoms with Gasteiger partial charge in [0.15, 0.2) is 5.76 Å². The topological polar surface area (TPSA) is 52.0 Å². The standard InChI is InChI=1S/C9H6BrFN2O/c10-5-1-2-7(11)6(3-5)9-8(12)4-13-14-9/h1-4H,12H2. The number of rotatable bonds is 1. The number of anilines is 1. The van der Waals surface area contributed by atoms with Crippen molar-refractivity contribution in [1.29, 1.82) is 0 Å². The van der Waals surface area contributed by atoms with E-state index in [1.54, 1.807) is 12.1 Å². The molecule has 3 nitrogen and oxygen atoms in total. The minimum atomic E-state index is -0.392. The normalized spacial score (nSPS) is 10.4. The predicted molar refractivity (Wildman–Crippen MR) is 54.0 cm³/mol. The third kappa shape index (κ3) is 1.50. The summed E-state index contributed by atoms with van der Waals surface area (Å²) in [5.74, 6) is -0.138. The van der Waals surface area contributed by atoms with Crippen LogP contribution in [0.4, 0.5) is 10.1 Å². The molecule has 14 heavy (non-hydrogen) atoms. The van der Waals surface area contributed by atoms with Crippen LogP contribution in [0.2, 0.25) is 0 Å². The van der Waals surface area contributed by atoms with Crippen LogP contribution in [0, 0.1) is 5.82 Å². The zero-order valence-corrected chi connectivity index (χ0v) is 8.58. The lowest BCUT2D eigenvalue weighted by atomic mass is 10.1. The van der Waals surface area contributed by atoms with Gasteiger partial charge < -0.3 is 10.3 Å². The molecule has 0 fully saturated rings. The molecule has 1 aromatic heterocycles. The summed E-state index contributed by atoms with van der Waals surface area (Å²) in [6.45, 7) is 0. The third-order valence-electron chi connectivity index (χ3n) is 1.77. The summed E-state index contributed by atoms with van der Waals surface area (Å²) in [7, 11) is 0. The molecule has 2 N–H and O–H groups in total. The fraction of sp³-hybridized carbons (Fsp3) is 0. The second kappa shape index (κ2) is 3.42. The largest absolute Gasteiger partial charge is 0.394 e. The summed E-state index contributed by atoms with van der Waals surface area (Å²) < 4.78 is 19.0. The van der Waals surface area contributed by atoms with E-state index >= 15 is 0 Å². The van der Waals surface area contributed by atoms with Crippen LogP contribution in [0.25, 0.3) is 11.3 Å². The highest BCUT2D eigenvalue weighted by Crippen LogP contribution is 2.29. The lowest BCUT2D eigenvalue weighted by Gasteiger charge is -2.00. The number of halogens is 2. The van der Waals surface area contributed by atoms with Gasteiger partial charge in [0.05, 0.1) is 11.8 Å².